The van der Waals surface area contributed by atoms with Crippen molar-refractivity contribution in [2.24, 2.45) is 0 Å². The predicted octanol–water partition coefficient (Wildman–Crippen LogP) is 2.24. The second-order valence-electron chi connectivity index (χ2n) is 5.45. The van der Waals surface area contributed by atoms with Crippen LogP contribution in [0.1, 0.15) is 36.5 Å². The van der Waals surface area contributed by atoms with Crippen molar-refractivity contribution >= 4 is 11.8 Å². The first-order valence-corrected chi connectivity index (χ1v) is 8.33. The first-order chi connectivity index (χ1) is 12.1. The fourth-order valence-electron chi connectivity index (χ4n) is 2.25. The molecule has 0 radical (unpaired) electrons. The Bertz CT molecular complexity index is 685. The van der Waals surface area contributed by atoms with E-state index in [1.54, 1.807) is 23.1 Å². The Hall–Kier alpha value is -2.83. The lowest BCUT2D eigenvalue weighted by Crippen LogP contribution is -2.35. The molecule has 7 nitrogen and oxygen atoms in total. The van der Waals surface area contributed by atoms with Crippen LogP contribution in [-0.2, 0) is 11.3 Å². The van der Waals surface area contributed by atoms with Crippen molar-refractivity contribution in [3.05, 3.63) is 47.9 Å². The molecule has 2 rings (SSSR count). The van der Waals surface area contributed by atoms with Crippen molar-refractivity contribution in [2.45, 2.75) is 26.8 Å². The number of amides is 2. The molecule has 0 fully saturated rings. The van der Waals surface area contributed by atoms with Crippen LogP contribution in [0.5, 0.6) is 5.75 Å². The molecule has 0 atom stereocenters. The number of hydrogen-bond acceptors (Lipinski definition) is 5. The van der Waals surface area contributed by atoms with Gasteiger partial charge in [-0.1, -0.05) is 30.3 Å². The van der Waals surface area contributed by atoms with Gasteiger partial charge in [0.2, 0.25) is 0 Å². The molecule has 0 bridgehead atoms. The Labute approximate surface area is 146 Å². The predicted molar refractivity (Wildman–Crippen MR) is 92.2 cm³/mol. The summed E-state index contributed by atoms with van der Waals surface area (Å²) in [7, 11) is 0. The van der Waals surface area contributed by atoms with E-state index in [-0.39, 0.29) is 30.7 Å². The fourth-order valence-corrected chi connectivity index (χ4v) is 2.25. The number of para-hydroxylation sites is 1. The standard InChI is InChI=1S/C18H23N3O4/c1-3-10-21(17(22)13-24-14-8-6-5-7-9-14)12-15-11-16(20-25-15)18(23)19-4-2/h5-9,11H,3-4,10,12-13H2,1-2H3,(H,19,23). The molecule has 0 aliphatic heterocycles. The van der Waals surface area contributed by atoms with Gasteiger partial charge in [0.25, 0.3) is 11.8 Å². The molecule has 1 aromatic carbocycles. The minimum atomic E-state index is -0.293. The van der Waals surface area contributed by atoms with E-state index in [0.29, 0.717) is 24.6 Å². The highest BCUT2D eigenvalue weighted by atomic mass is 16.5. The molecule has 2 amide bonds. The zero-order valence-electron chi connectivity index (χ0n) is 14.5. The second-order valence-corrected chi connectivity index (χ2v) is 5.45. The number of carbonyl (C=O) groups excluding carboxylic acids is 2. The van der Waals surface area contributed by atoms with Crippen LogP contribution in [-0.4, -0.2) is 41.6 Å². The quantitative estimate of drug-likeness (QED) is 0.753. The van der Waals surface area contributed by atoms with Gasteiger partial charge < -0.3 is 19.5 Å². The highest BCUT2D eigenvalue weighted by Gasteiger charge is 2.18. The molecular formula is C18H23N3O4. The van der Waals surface area contributed by atoms with E-state index in [0.717, 1.165) is 6.42 Å². The highest BCUT2D eigenvalue weighted by Crippen LogP contribution is 2.11. The summed E-state index contributed by atoms with van der Waals surface area (Å²) in [5, 5.41) is 6.40. The van der Waals surface area contributed by atoms with Crippen molar-refractivity contribution in [1.82, 2.24) is 15.4 Å². The zero-order chi connectivity index (χ0) is 18.1. The largest absolute Gasteiger partial charge is 0.484 e. The van der Waals surface area contributed by atoms with Gasteiger partial charge in [-0.2, -0.15) is 0 Å². The topological polar surface area (TPSA) is 84.7 Å². The molecule has 2 aromatic rings. The number of nitrogens with zero attached hydrogens (tertiary/aromatic N) is 2. The maximum absolute atomic E-state index is 12.4. The third-order valence-electron chi connectivity index (χ3n) is 3.43. The lowest BCUT2D eigenvalue weighted by Gasteiger charge is -2.20. The van der Waals surface area contributed by atoms with E-state index in [4.69, 9.17) is 9.26 Å². The van der Waals surface area contributed by atoms with E-state index in [1.807, 2.05) is 32.0 Å². The number of benzene rings is 1. The van der Waals surface area contributed by atoms with E-state index in [9.17, 15) is 9.59 Å². The fraction of sp³-hybridized carbons (Fsp3) is 0.389. The van der Waals surface area contributed by atoms with Crippen molar-refractivity contribution in [2.75, 3.05) is 19.7 Å². The summed E-state index contributed by atoms with van der Waals surface area (Å²) in [4.78, 5) is 25.8. The molecule has 0 saturated heterocycles. The number of nitrogens with one attached hydrogen (secondary N) is 1. The van der Waals surface area contributed by atoms with Crippen LogP contribution in [0.4, 0.5) is 0 Å². The SMILES string of the molecule is CCCN(Cc1cc(C(=O)NCC)no1)C(=O)COc1ccccc1. The zero-order valence-corrected chi connectivity index (χ0v) is 14.5. The summed E-state index contributed by atoms with van der Waals surface area (Å²) < 4.78 is 10.7. The molecule has 0 aliphatic carbocycles. The molecule has 7 heteroatoms. The van der Waals surface area contributed by atoms with Gasteiger partial charge in [0.15, 0.2) is 18.1 Å². The molecule has 1 N–H and O–H groups in total. The Morgan fingerprint density at radius 2 is 2.00 bits per heavy atom. The third kappa shape index (κ3) is 5.63. The van der Waals surface area contributed by atoms with Gasteiger partial charge in [-0.05, 0) is 25.5 Å². The van der Waals surface area contributed by atoms with E-state index in [2.05, 4.69) is 10.5 Å². The molecule has 0 aliphatic rings. The Morgan fingerprint density at radius 1 is 1.24 bits per heavy atom. The highest BCUT2D eigenvalue weighted by molar-refractivity contribution is 5.92. The summed E-state index contributed by atoms with van der Waals surface area (Å²) in [6.45, 7) is 5.08. The van der Waals surface area contributed by atoms with Gasteiger partial charge in [0.1, 0.15) is 5.75 Å². The van der Waals surface area contributed by atoms with Gasteiger partial charge in [-0.25, -0.2) is 0 Å². The summed E-state index contributed by atoms with van der Waals surface area (Å²) in [6.07, 6.45) is 0.800. The Kier molecular flexibility index (Phi) is 7.00. The maximum Gasteiger partial charge on any atom is 0.273 e. The van der Waals surface area contributed by atoms with Gasteiger partial charge in [0, 0.05) is 19.2 Å². The Balaban J connectivity index is 1.95. The first kappa shape index (κ1) is 18.5. The number of hydrogen-bond donors (Lipinski definition) is 1. The van der Waals surface area contributed by atoms with Crippen molar-refractivity contribution in [3.8, 4) is 5.75 Å². The second kappa shape index (κ2) is 9.46. The summed E-state index contributed by atoms with van der Waals surface area (Å²) >= 11 is 0. The van der Waals surface area contributed by atoms with Gasteiger partial charge in [-0.3, -0.25) is 9.59 Å². The van der Waals surface area contributed by atoms with E-state index >= 15 is 0 Å². The van der Waals surface area contributed by atoms with Crippen LogP contribution in [0.25, 0.3) is 0 Å². The molecule has 0 unspecified atom stereocenters. The maximum atomic E-state index is 12.4. The van der Waals surface area contributed by atoms with Crippen LogP contribution < -0.4 is 10.1 Å². The molecule has 134 valence electrons. The molecule has 1 aromatic heterocycles. The Morgan fingerprint density at radius 3 is 2.68 bits per heavy atom. The van der Waals surface area contributed by atoms with Crippen LogP contribution in [0.15, 0.2) is 40.9 Å². The molecule has 0 spiro atoms. The van der Waals surface area contributed by atoms with Gasteiger partial charge in [-0.15, -0.1) is 0 Å². The summed E-state index contributed by atoms with van der Waals surface area (Å²) in [5.74, 6) is 0.660. The lowest BCUT2D eigenvalue weighted by atomic mass is 10.3. The lowest BCUT2D eigenvalue weighted by molar-refractivity contribution is -0.134. The molecule has 0 saturated carbocycles. The minimum Gasteiger partial charge on any atom is -0.484 e. The first-order valence-electron chi connectivity index (χ1n) is 8.33. The van der Waals surface area contributed by atoms with Crippen LogP contribution >= 0.6 is 0 Å². The number of aromatic nitrogens is 1. The monoisotopic (exact) mass is 345 g/mol. The van der Waals surface area contributed by atoms with Crippen LogP contribution in [0.2, 0.25) is 0 Å². The smallest absolute Gasteiger partial charge is 0.273 e. The van der Waals surface area contributed by atoms with Gasteiger partial charge in [0.05, 0.1) is 6.54 Å². The summed E-state index contributed by atoms with van der Waals surface area (Å²) in [6, 6.07) is 10.7. The van der Waals surface area contributed by atoms with Gasteiger partial charge >= 0.3 is 0 Å². The average molecular weight is 345 g/mol. The van der Waals surface area contributed by atoms with Crippen LogP contribution in [0, 0.1) is 0 Å². The van der Waals surface area contributed by atoms with E-state index < -0.39 is 0 Å². The number of rotatable bonds is 9. The van der Waals surface area contributed by atoms with Crippen molar-refractivity contribution < 1.29 is 18.8 Å². The van der Waals surface area contributed by atoms with Crippen LogP contribution in [0.3, 0.4) is 0 Å². The molecular weight excluding hydrogens is 322 g/mol. The van der Waals surface area contributed by atoms with Crippen molar-refractivity contribution in [3.63, 3.8) is 0 Å². The normalized spacial score (nSPS) is 10.3. The minimum absolute atomic E-state index is 0.0542. The molecule has 25 heavy (non-hydrogen) atoms. The van der Waals surface area contributed by atoms with Crippen molar-refractivity contribution in [1.29, 1.82) is 0 Å². The van der Waals surface area contributed by atoms with E-state index in [1.165, 1.54) is 0 Å². The summed E-state index contributed by atoms with van der Waals surface area (Å²) in [5.41, 5.74) is 0.210. The third-order valence-corrected chi connectivity index (χ3v) is 3.43. The number of carbonyl (C=O) groups is 2. The average Bonchev–Trinajstić information content (AvgIpc) is 3.09. The molecule has 1 heterocycles. The number of ether oxygens (including phenoxy) is 1.